The van der Waals surface area contributed by atoms with Gasteiger partial charge in [0.1, 0.15) is 0 Å². The Labute approximate surface area is 214 Å². The number of Topliss-reactive ketones (excluding diaryl/α,β-unsaturated/α-hetero) is 1. The van der Waals surface area contributed by atoms with Crippen LogP contribution in [0.4, 0.5) is 0 Å². The number of H-pyrrole nitrogens is 1. The van der Waals surface area contributed by atoms with E-state index in [2.05, 4.69) is 41.0 Å². The van der Waals surface area contributed by atoms with Crippen molar-refractivity contribution < 1.29 is 4.79 Å². The van der Waals surface area contributed by atoms with Gasteiger partial charge >= 0.3 is 0 Å². The van der Waals surface area contributed by atoms with Crippen molar-refractivity contribution in [2.75, 3.05) is 13.1 Å². The molecule has 184 valence electrons. The number of ketones is 1. The largest absolute Gasteiger partial charge is 0.301 e. The van der Waals surface area contributed by atoms with E-state index >= 15 is 0 Å². The third-order valence-corrected chi connectivity index (χ3v) is 7.48. The molecule has 5 rings (SSSR count). The van der Waals surface area contributed by atoms with E-state index in [1.807, 2.05) is 41.9 Å². The van der Waals surface area contributed by atoms with E-state index in [1.165, 1.54) is 0 Å². The van der Waals surface area contributed by atoms with Gasteiger partial charge in [-0.25, -0.2) is 14.5 Å². The first-order chi connectivity index (χ1) is 17.6. The van der Waals surface area contributed by atoms with Crippen molar-refractivity contribution in [1.29, 1.82) is 0 Å². The molecule has 0 fully saturated rings. The van der Waals surface area contributed by atoms with Gasteiger partial charge in [-0.15, -0.1) is 11.3 Å². The molecule has 0 radical (unpaired) electrons. The number of aromatic amines is 1. The Balaban J connectivity index is 1.53. The summed E-state index contributed by atoms with van der Waals surface area (Å²) in [6.45, 7) is 8.45. The third-order valence-electron chi connectivity index (χ3n) is 6.58. The summed E-state index contributed by atoms with van der Waals surface area (Å²) < 4.78 is 1.74. The van der Waals surface area contributed by atoms with Crippen molar-refractivity contribution in [2.24, 2.45) is 0 Å². The second-order valence-electron chi connectivity index (χ2n) is 8.76. The monoisotopic (exact) mass is 499 g/mol. The highest BCUT2D eigenvalue weighted by molar-refractivity contribution is 7.13. The zero-order valence-electron chi connectivity index (χ0n) is 20.7. The Kier molecular flexibility index (Phi) is 7.02. The lowest BCUT2D eigenvalue weighted by Crippen LogP contribution is -2.33. The van der Waals surface area contributed by atoms with Crippen LogP contribution in [-0.4, -0.2) is 59.6 Å². The summed E-state index contributed by atoms with van der Waals surface area (Å²) in [7, 11) is 0. The number of aromatic nitrogens is 6. The maximum absolute atomic E-state index is 13.4. The molecule has 0 unspecified atom stereocenters. The lowest BCUT2D eigenvalue weighted by atomic mass is 10.0. The first-order valence-corrected chi connectivity index (χ1v) is 13.1. The van der Waals surface area contributed by atoms with Gasteiger partial charge in [-0.3, -0.25) is 9.89 Å². The number of carbonyl (C=O) groups is 1. The fourth-order valence-electron chi connectivity index (χ4n) is 4.49. The van der Waals surface area contributed by atoms with Crippen LogP contribution in [0, 0.1) is 0 Å². The highest BCUT2D eigenvalue weighted by Crippen LogP contribution is 2.30. The summed E-state index contributed by atoms with van der Waals surface area (Å²) in [5, 5.41) is 13.4. The van der Waals surface area contributed by atoms with Crippen LogP contribution in [-0.2, 0) is 0 Å². The van der Waals surface area contributed by atoms with Crippen LogP contribution in [0.3, 0.4) is 0 Å². The molecule has 0 aliphatic heterocycles. The van der Waals surface area contributed by atoms with Crippen LogP contribution in [0.25, 0.3) is 38.7 Å². The summed E-state index contributed by atoms with van der Waals surface area (Å²) in [6.07, 6.45) is 8.45. The molecule has 36 heavy (non-hydrogen) atoms. The number of nitrogens with zero attached hydrogens (tertiary/aromatic N) is 6. The zero-order chi connectivity index (χ0) is 25.1. The molecule has 5 heterocycles. The molecule has 0 amide bonds. The number of rotatable bonds is 10. The van der Waals surface area contributed by atoms with Gasteiger partial charge in [-0.2, -0.15) is 10.2 Å². The zero-order valence-corrected chi connectivity index (χ0v) is 21.5. The van der Waals surface area contributed by atoms with Gasteiger partial charge in [0, 0.05) is 36.0 Å². The Morgan fingerprint density at radius 1 is 1.11 bits per heavy atom. The normalized spacial score (nSPS) is 12.4. The molecule has 8 nitrogen and oxygen atoms in total. The predicted octanol–water partition coefficient (Wildman–Crippen LogP) is 5.60. The van der Waals surface area contributed by atoms with Crippen LogP contribution in [0.1, 0.15) is 44.0 Å². The van der Waals surface area contributed by atoms with E-state index in [1.54, 1.807) is 34.4 Å². The van der Waals surface area contributed by atoms with Crippen molar-refractivity contribution in [3.05, 3.63) is 66.1 Å². The lowest BCUT2D eigenvalue weighted by molar-refractivity contribution is 0.0964. The Bertz CT molecular complexity index is 1450. The molecule has 5 aromatic heterocycles. The maximum atomic E-state index is 13.4. The number of carbonyl (C=O) groups excluding carboxylic acids is 1. The van der Waals surface area contributed by atoms with Crippen LogP contribution in [0.15, 0.2) is 60.5 Å². The first kappa shape index (κ1) is 24.0. The summed E-state index contributed by atoms with van der Waals surface area (Å²) in [5.74, 6) is 0.103. The average Bonchev–Trinajstić information content (AvgIpc) is 3.69. The number of fused-ring (bicyclic) bond motifs is 1. The molecular formula is C27H29N7OS. The molecular weight excluding hydrogens is 470 g/mol. The van der Waals surface area contributed by atoms with Crippen molar-refractivity contribution in [3.8, 4) is 33.1 Å². The number of pyridine rings is 1. The highest BCUT2D eigenvalue weighted by atomic mass is 32.1. The van der Waals surface area contributed by atoms with Gasteiger partial charge < -0.3 is 4.90 Å². The van der Waals surface area contributed by atoms with E-state index in [0.717, 1.165) is 41.2 Å². The van der Waals surface area contributed by atoms with Gasteiger partial charge in [-0.05, 0) is 56.1 Å². The fourth-order valence-corrected chi connectivity index (χ4v) is 5.19. The molecule has 9 heteroatoms. The summed E-state index contributed by atoms with van der Waals surface area (Å²) in [4.78, 5) is 26.6. The lowest BCUT2D eigenvalue weighted by Gasteiger charge is -2.26. The van der Waals surface area contributed by atoms with Crippen LogP contribution < -0.4 is 0 Å². The molecule has 1 atom stereocenters. The standard InChI is InChI=1S/C27H29N7OS/c1-4-33(5-2)18(3)8-9-25(35)19-13-23(20-15-28-29-16-20)31-24(14-19)21-17-30-34-11-10-22(32-27(21)34)26-7-6-12-36-26/h6-7,10-18H,4-5,8-9H2,1-3H3,(H,28,29)/t18-/m0/s1. The number of thiophene rings is 1. The van der Waals surface area contributed by atoms with E-state index in [4.69, 9.17) is 9.97 Å². The smallest absolute Gasteiger partial charge is 0.165 e. The Morgan fingerprint density at radius 3 is 2.67 bits per heavy atom. The van der Waals surface area contributed by atoms with Crippen molar-refractivity contribution >= 4 is 22.8 Å². The fraction of sp³-hybridized carbons (Fsp3) is 0.296. The number of hydrogen-bond donors (Lipinski definition) is 1. The summed E-state index contributed by atoms with van der Waals surface area (Å²) >= 11 is 1.64. The van der Waals surface area contributed by atoms with Gasteiger partial charge in [0.2, 0.25) is 0 Å². The Hall–Kier alpha value is -3.69. The first-order valence-electron chi connectivity index (χ1n) is 12.2. The molecule has 0 saturated carbocycles. The van der Waals surface area contributed by atoms with Crippen LogP contribution in [0.2, 0.25) is 0 Å². The minimum absolute atomic E-state index is 0.103. The van der Waals surface area contributed by atoms with Gasteiger partial charge in [0.15, 0.2) is 11.4 Å². The predicted molar refractivity (Wildman–Crippen MR) is 143 cm³/mol. The molecule has 0 bridgehead atoms. The van der Waals surface area contributed by atoms with Gasteiger partial charge in [0.25, 0.3) is 0 Å². The van der Waals surface area contributed by atoms with Crippen molar-refractivity contribution in [2.45, 2.75) is 39.7 Å². The van der Waals surface area contributed by atoms with Crippen molar-refractivity contribution in [3.63, 3.8) is 0 Å². The second-order valence-corrected chi connectivity index (χ2v) is 9.71. The van der Waals surface area contributed by atoms with Crippen molar-refractivity contribution in [1.82, 2.24) is 34.7 Å². The average molecular weight is 500 g/mol. The minimum Gasteiger partial charge on any atom is -0.301 e. The van der Waals surface area contributed by atoms with E-state index in [9.17, 15) is 4.79 Å². The van der Waals surface area contributed by atoms with Gasteiger partial charge in [-0.1, -0.05) is 19.9 Å². The summed E-state index contributed by atoms with van der Waals surface area (Å²) in [5.41, 5.74) is 5.18. The second kappa shape index (κ2) is 10.5. The number of nitrogens with one attached hydrogen (secondary N) is 1. The molecule has 0 saturated heterocycles. The molecule has 0 aromatic carbocycles. The van der Waals surface area contributed by atoms with E-state index in [0.29, 0.717) is 35.1 Å². The van der Waals surface area contributed by atoms with Crippen LogP contribution >= 0.6 is 11.3 Å². The maximum Gasteiger partial charge on any atom is 0.165 e. The molecule has 0 aliphatic carbocycles. The van der Waals surface area contributed by atoms with Crippen LogP contribution in [0.5, 0.6) is 0 Å². The quantitative estimate of drug-likeness (QED) is 0.251. The highest BCUT2D eigenvalue weighted by Gasteiger charge is 2.18. The SMILES string of the molecule is CCN(CC)[C@@H](C)CCC(=O)c1cc(-c2cn[nH]c2)nc(-c2cnn3ccc(-c4cccs4)nc23)c1. The minimum atomic E-state index is 0.103. The van der Waals surface area contributed by atoms with E-state index in [-0.39, 0.29) is 5.78 Å². The Morgan fingerprint density at radius 2 is 1.94 bits per heavy atom. The molecule has 0 aliphatic rings. The van der Waals surface area contributed by atoms with E-state index < -0.39 is 0 Å². The molecule has 5 aromatic rings. The summed E-state index contributed by atoms with van der Waals surface area (Å²) in [6, 6.07) is 10.1. The molecule has 0 spiro atoms. The van der Waals surface area contributed by atoms with Gasteiger partial charge in [0.05, 0.1) is 39.9 Å². The number of hydrogen-bond acceptors (Lipinski definition) is 7. The molecule has 1 N–H and O–H groups in total. The topological polar surface area (TPSA) is 92.1 Å². The third kappa shape index (κ3) is 4.84.